The molecule has 0 amide bonds. The highest BCUT2D eigenvalue weighted by Crippen LogP contribution is 2.49. The maximum atomic E-state index is 13.2. The standard InChI is InChI=1S/3C24H22FNO4S.C24H22FNO3S/c3*25-16-8-6-15(7-9-16)20(28)12-13-22-23(19-11-10-18(27)14-21(19)29)26(24(31)30-22)17-4-2-1-3-5-17;25-17-11-9-16(10-12-17)5-4-8-22-23(20-14-13-19(27)15-21(20)28)26(24(30)29-22)18-6-2-1-3-7-18/h3*1-11,14,20,22-23,27-29H,12-13H2;1-3,6-7,9-15,22-23,27-28H,4-5,8H2/t20?,22-,23-;20-,22+,23+;;22-,23-/m10.1/s1. The van der Waals surface area contributed by atoms with Crippen LogP contribution in [0.5, 0.6) is 46.0 Å². The van der Waals surface area contributed by atoms with E-state index in [-0.39, 0.29) is 96.9 Å². The second kappa shape index (κ2) is 40.8. The molecule has 0 saturated carbocycles. The number of para-hydroxylation sites is 4. The lowest BCUT2D eigenvalue weighted by molar-refractivity contribution is 0.126. The molecule has 4 aliphatic heterocycles. The fourth-order valence-corrected chi connectivity index (χ4v) is 16.9. The molecule has 16 rings (SSSR count). The van der Waals surface area contributed by atoms with Gasteiger partial charge in [-0.25, -0.2) is 17.6 Å². The highest BCUT2D eigenvalue weighted by molar-refractivity contribution is 7.81. The first-order valence-electron chi connectivity index (χ1n) is 39.7. The number of benzene rings is 12. The van der Waals surface area contributed by atoms with Gasteiger partial charge >= 0.3 is 0 Å². The van der Waals surface area contributed by atoms with Crippen LogP contribution in [0.4, 0.5) is 40.3 Å². The summed E-state index contributed by atoms with van der Waals surface area (Å²) in [7, 11) is 0. The Morgan fingerprint density at radius 2 is 0.496 bits per heavy atom. The number of aryl methyl sites for hydroxylation is 1. The van der Waals surface area contributed by atoms with Gasteiger partial charge in [-0.3, -0.25) is 19.6 Å². The lowest BCUT2D eigenvalue weighted by Crippen LogP contribution is -2.29. The van der Waals surface area contributed by atoms with E-state index >= 15 is 0 Å². The van der Waals surface area contributed by atoms with Gasteiger partial charge in [0.15, 0.2) is 0 Å². The Bertz CT molecular complexity index is 5170. The summed E-state index contributed by atoms with van der Waals surface area (Å²) >= 11 is 22.0. The number of phenolic OH excluding ortho intramolecular Hbond substituents is 8. The minimum Gasteiger partial charge on any atom is -0.508 e. The molecular formula is C96H88F4N4O15S4. The van der Waals surface area contributed by atoms with Gasteiger partial charge in [0.2, 0.25) is 0 Å². The number of halogens is 4. The molecule has 11 N–H and O–H groups in total. The molecule has 11 atom stereocenters. The maximum absolute atomic E-state index is 13.2. The van der Waals surface area contributed by atoms with E-state index < -0.39 is 54.7 Å². The van der Waals surface area contributed by atoms with Crippen molar-refractivity contribution in [1.29, 1.82) is 0 Å². The predicted molar refractivity (Wildman–Crippen MR) is 477 cm³/mol. The van der Waals surface area contributed by atoms with Gasteiger partial charge in [0.1, 0.15) is 118 Å². The van der Waals surface area contributed by atoms with Crippen molar-refractivity contribution < 1.29 is 92.7 Å². The second-order valence-electron chi connectivity index (χ2n) is 29.7. The number of hydrogen-bond donors (Lipinski definition) is 11. The molecular weight excluding hydrogens is 1650 g/mol. The van der Waals surface area contributed by atoms with E-state index in [0.717, 1.165) is 41.2 Å². The lowest BCUT2D eigenvalue weighted by atomic mass is 9.94. The van der Waals surface area contributed by atoms with Crippen molar-refractivity contribution in [2.24, 2.45) is 0 Å². The molecule has 12 aromatic carbocycles. The molecule has 0 aromatic heterocycles. The number of aliphatic hydroxyl groups is 3. The number of aliphatic hydroxyl groups excluding tert-OH is 3. The van der Waals surface area contributed by atoms with Gasteiger partial charge in [0.25, 0.3) is 20.7 Å². The smallest absolute Gasteiger partial charge is 0.264 e. The molecule has 0 spiro atoms. The molecule has 27 heteroatoms. The highest BCUT2D eigenvalue weighted by Gasteiger charge is 2.47. The zero-order valence-corrected chi connectivity index (χ0v) is 69.2. The molecule has 12 aromatic rings. The number of rotatable bonds is 24. The average molecular weight is 1740 g/mol. The zero-order chi connectivity index (χ0) is 87.0. The van der Waals surface area contributed by atoms with E-state index in [0.29, 0.717) is 89.1 Å². The van der Waals surface area contributed by atoms with Crippen molar-refractivity contribution in [3.8, 4) is 46.0 Å². The summed E-state index contributed by atoms with van der Waals surface area (Å²) in [5.74, 6) is -1.66. The quantitative estimate of drug-likeness (QED) is 0.0198. The number of anilines is 4. The Balaban J connectivity index is 0.000000141. The first-order valence-corrected chi connectivity index (χ1v) is 41.3. The highest BCUT2D eigenvalue weighted by atomic mass is 32.1. The van der Waals surface area contributed by atoms with Gasteiger partial charge in [-0.15, -0.1) is 0 Å². The van der Waals surface area contributed by atoms with Gasteiger partial charge in [0, 0.05) is 69.3 Å². The van der Waals surface area contributed by atoms with Crippen LogP contribution in [0.15, 0.2) is 291 Å². The van der Waals surface area contributed by atoms with Crippen molar-refractivity contribution in [2.75, 3.05) is 19.6 Å². The summed E-state index contributed by atoms with van der Waals surface area (Å²) in [5.41, 5.74) is 8.53. The minimum atomic E-state index is -0.794. The topological polar surface area (TPSA) is 272 Å². The molecule has 634 valence electrons. The minimum absolute atomic E-state index is 0.00207. The Labute approximate surface area is 729 Å². The van der Waals surface area contributed by atoms with Crippen LogP contribution < -0.4 is 19.6 Å². The van der Waals surface area contributed by atoms with Gasteiger partial charge in [-0.2, -0.15) is 0 Å². The average Bonchev–Trinajstić information content (AvgIpc) is 1.65. The van der Waals surface area contributed by atoms with Gasteiger partial charge < -0.3 is 75.1 Å². The normalized spacial score (nSPS) is 19.1. The van der Waals surface area contributed by atoms with Crippen molar-refractivity contribution in [3.63, 3.8) is 0 Å². The third-order valence-electron chi connectivity index (χ3n) is 21.6. The monoisotopic (exact) mass is 1740 g/mol. The zero-order valence-electron chi connectivity index (χ0n) is 65.9. The van der Waals surface area contributed by atoms with E-state index in [1.165, 1.54) is 91.0 Å². The number of phenols is 8. The van der Waals surface area contributed by atoms with Crippen LogP contribution in [0.2, 0.25) is 0 Å². The number of hydrogen-bond acceptors (Lipinski definition) is 19. The number of nitrogens with zero attached hydrogens (tertiary/aromatic N) is 4. The molecule has 4 unspecified atom stereocenters. The van der Waals surface area contributed by atoms with Crippen molar-refractivity contribution in [3.05, 3.63) is 359 Å². The largest absolute Gasteiger partial charge is 0.508 e. The summed E-state index contributed by atoms with van der Waals surface area (Å²) in [5, 5.41) is 114. The summed E-state index contributed by atoms with van der Waals surface area (Å²) in [4.78, 5) is 7.40. The van der Waals surface area contributed by atoms with E-state index in [2.05, 4.69) is 0 Å². The first-order chi connectivity index (χ1) is 59.3. The lowest BCUT2D eigenvalue weighted by Gasteiger charge is -2.27. The van der Waals surface area contributed by atoms with Crippen LogP contribution in [0.25, 0.3) is 0 Å². The van der Waals surface area contributed by atoms with Crippen molar-refractivity contribution >= 4 is 92.3 Å². The molecule has 123 heavy (non-hydrogen) atoms. The molecule has 19 nitrogen and oxygen atoms in total. The predicted octanol–water partition coefficient (Wildman–Crippen LogP) is 20.4. The third kappa shape index (κ3) is 21.8. The van der Waals surface area contributed by atoms with Gasteiger partial charge in [-0.05, 0) is 275 Å². The molecule has 4 saturated heterocycles. The van der Waals surface area contributed by atoms with Crippen LogP contribution in [0.3, 0.4) is 0 Å². The molecule has 0 aliphatic carbocycles. The van der Waals surface area contributed by atoms with Crippen molar-refractivity contribution in [1.82, 2.24) is 0 Å². The summed E-state index contributed by atoms with van der Waals surface area (Å²) in [6, 6.07) is 78.0. The Hall–Kier alpha value is -12.6. The maximum Gasteiger partial charge on any atom is 0.264 e. The molecule has 0 radical (unpaired) electrons. The summed E-state index contributed by atoms with van der Waals surface area (Å²) < 4.78 is 76.7. The van der Waals surface area contributed by atoms with Gasteiger partial charge in [0.05, 0.1) is 18.3 Å². The van der Waals surface area contributed by atoms with E-state index in [1.807, 2.05) is 141 Å². The Morgan fingerprint density at radius 3 is 0.724 bits per heavy atom. The van der Waals surface area contributed by atoms with Crippen LogP contribution in [0, 0.1) is 23.3 Å². The number of thiocarbonyl (C=S) groups is 4. The fraction of sp³-hybridized carbons (Fsp3) is 0.208. The van der Waals surface area contributed by atoms with E-state index in [4.69, 9.17) is 67.8 Å². The van der Waals surface area contributed by atoms with Crippen LogP contribution in [0.1, 0.15) is 138 Å². The number of ether oxygens (including phenoxy) is 4. The Kier molecular flexibility index (Phi) is 29.3. The van der Waals surface area contributed by atoms with Crippen molar-refractivity contribution in [2.45, 2.75) is 125 Å². The van der Waals surface area contributed by atoms with Gasteiger partial charge in [-0.1, -0.05) is 121 Å². The fourth-order valence-electron chi connectivity index (χ4n) is 15.6. The SMILES string of the molecule is Oc1ccc(C2C(CCC(O)c3ccc(F)cc3)OC(=S)N2c2ccccc2)c(O)c1.Oc1ccc([C@@H]2[C@@H](CCC(O)c3ccc(F)cc3)OC(=S)N2c2ccccc2)c(O)c1.Oc1ccc([C@@H]2[C@@H](CCCc3ccc(F)cc3)OC(=S)N2c2ccccc2)c(O)c1.Oc1ccc([C@@H]2[C@@H](CC[C@H](O)c3ccc(F)cc3)OC(=S)N2c2ccccc2)c(O)c1. The first kappa shape index (κ1) is 88.2. The van der Waals surface area contributed by atoms with E-state index in [9.17, 15) is 73.7 Å². The van der Waals surface area contributed by atoms with Crippen LogP contribution >= 0.6 is 48.9 Å². The molecule has 4 fully saturated rings. The third-order valence-corrected chi connectivity index (χ3v) is 22.8. The molecule has 4 heterocycles. The molecule has 4 aliphatic rings. The molecule has 0 bridgehead atoms. The summed E-state index contributed by atoms with van der Waals surface area (Å²) in [6.07, 6.45) is 0.698. The Morgan fingerprint density at radius 1 is 0.276 bits per heavy atom. The summed E-state index contributed by atoms with van der Waals surface area (Å²) in [6.45, 7) is 0. The second-order valence-corrected chi connectivity index (χ2v) is 31.1. The van der Waals surface area contributed by atoms with Crippen LogP contribution in [-0.2, 0) is 25.4 Å². The number of aromatic hydroxyl groups is 8. The van der Waals surface area contributed by atoms with Crippen LogP contribution in [-0.4, -0.2) is 101 Å². The van der Waals surface area contributed by atoms with E-state index in [1.54, 1.807) is 78.9 Å².